The molecular formula is C17H23IN4O. The molecule has 1 aromatic heterocycles. The predicted octanol–water partition coefficient (Wildman–Crippen LogP) is 3.72. The van der Waals surface area contributed by atoms with Crippen molar-refractivity contribution < 1.29 is 4.52 Å². The van der Waals surface area contributed by atoms with Gasteiger partial charge in [-0.2, -0.15) is 0 Å². The Balaban J connectivity index is 0.00000192. The van der Waals surface area contributed by atoms with Crippen LogP contribution in [0.15, 0.2) is 27.7 Å². The summed E-state index contributed by atoms with van der Waals surface area (Å²) in [5, 5.41) is 7.28. The van der Waals surface area contributed by atoms with E-state index in [2.05, 4.69) is 35.4 Å². The van der Waals surface area contributed by atoms with Gasteiger partial charge in [-0.05, 0) is 56.4 Å². The van der Waals surface area contributed by atoms with Crippen LogP contribution in [0.25, 0.3) is 0 Å². The molecule has 5 nitrogen and oxygen atoms in total. The maximum absolute atomic E-state index is 5.98. The van der Waals surface area contributed by atoms with Crippen LogP contribution in [0.5, 0.6) is 0 Å². The average molecular weight is 426 g/mol. The fourth-order valence-electron chi connectivity index (χ4n) is 2.97. The molecule has 0 saturated heterocycles. The van der Waals surface area contributed by atoms with Crippen LogP contribution in [0.1, 0.15) is 41.0 Å². The molecule has 1 heterocycles. The lowest BCUT2D eigenvalue weighted by atomic mass is 9.96. The van der Waals surface area contributed by atoms with E-state index in [-0.39, 0.29) is 24.0 Å². The predicted molar refractivity (Wildman–Crippen MR) is 103 cm³/mol. The third-order valence-electron chi connectivity index (χ3n) is 3.92. The SMILES string of the molecule is Cc1cc(C)cc(NC(N)=NCc2noc3c2CCCC3)c1.I. The summed E-state index contributed by atoms with van der Waals surface area (Å²) in [6.07, 6.45) is 4.40. The molecule has 0 unspecified atom stereocenters. The van der Waals surface area contributed by atoms with E-state index in [1.807, 2.05) is 12.1 Å². The summed E-state index contributed by atoms with van der Waals surface area (Å²) >= 11 is 0. The zero-order valence-corrected chi connectivity index (χ0v) is 15.9. The molecule has 0 spiro atoms. The largest absolute Gasteiger partial charge is 0.370 e. The van der Waals surface area contributed by atoms with E-state index in [0.29, 0.717) is 12.5 Å². The number of nitrogens with zero attached hydrogens (tertiary/aromatic N) is 2. The van der Waals surface area contributed by atoms with Crippen LogP contribution >= 0.6 is 24.0 Å². The number of anilines is 1. The van der Waals surface area contributed by atoms with Crippen LogP contribution in [0.4, 0.5) is 5.69 Å². The molecule has 0 bridgehead atoms. The minimum Gasteiger partial charge on any atom is -0.370 e. The van der Waals surface area contributed by atoms with Gasteiger partial charge >= 0.3 is 0 Å². The molecule has 1 aliphatic rings. The maximum atomic E-state index is 5.98. The molecule has 3 N–H and O–H groups in total. The summed E-state index contributed by atoms with van der Waals surface area (Å²) in [6, 6.07) is 6.22. The van der Waals surface area contributed by atoms with Crippen LogP contribution in [0.2, 0.25) is 0 Å². The Bertz CT molecular complexity index is 688. The van der Waals surface area contributed by atoms with Gasteiger partial charge in [0.25, 0.3) is 0 Å². The smallest absolute Gasteiger partial charge is 0.193 e. The van der Waals surface area contributed by atoms with Crippen molar-refractivity contribution in [2.45, 2.75) is 46.1 Å². The van der Waals surface area contributed by atoms with E-state index in [1.165, 1.54) is 29.5 Å². The number of hydrogen-bond donors (Lipinski definition) is 2. The van der Waals surface area contributed by atoms with E-state index in [9.17, 15) is 0 Å². The van der Waals surface area contributed by atoms with E-state index >= 15 is 0 Å². The molecule has 0 atom stereocenters. The maximum Gasteiger partial charge on any atom is 0.193 e. The third kappa shape index (κ3) is 4.46. The molecule has 23 heavy (non-hydrogen) atoms. The van der Waals surface area contributed by atoms with Gasteiger partial charge in [0.1, 0.15) is 11.5 Å². The highest BCUT2D eigenvalue weighted by Gasteiger charge is 2.18. The lowest BCUT2D eigenvalue weighted by Crippen LogP contribution is -2.22. The second kappa shape index (κ2) is 7.81. The summed E-state index contributed by atoms with van der Waals surface area (Å²) in [7, 11) is 0. The number of hydrogen-bond acceptors (Lipinski definition) is 3. The molecule has 124 valence electrons. The number of fused-ring (bicyclic) bond motifs is 1. The Labute approximate surface area is 153 Å². The van der Waals surface area contributed by atoms with Gasteiger partial charge in [0.05, 0.1) is 6.54 Å². The molecule has 6 heteroatoms. The number of guanidine groups is 1. The van der Waals surface area contributed by atoms with Crippen LogP contribution in [-0.4, -0.2) is 11.1 Å². The van der Waals surface area contributed by atoms with Gasteiger partial charge in [-0.15, -0.1) is 24.0 Å². The standard InChI is InChI=1S/C17H22N4O.HI/c1-11-7-12(2)9-13(8-11)20-17(18)19-10-15-14-5-3-4-6-16(14)22-21-15;/h7-9H,3-6,10H2,1-2H3,(H3,18,19,20);1H. The van der Waals surface area contributed by atoms with Gasteiger partial charge in [-0.3, -0.25) is 0 Å². The molecule has 2 aromatic rings. The van der Waals surface area contributed by atoms with Crippen molar-refractivity contribution in [2.24, 2.45) is 10.7 Å². The lowest BCUT2D eigenvalue weighted by Gasteiger charge is -2.09. The van der Waals surface area contributed by atoms with Crippen molar-refractivity contribution in [3.63, 3.8) is 0 Å². The third-order valence-corrected chi connectivity index (χ3v) is 3.92. The van der Waals surface area contributed by atoms with Gasteiger partial charge in [0.2, 0.25) is 0 Å². The van der Waals surface area contributed by atoms with Gasteiger partial charge in [0.15, 0.2) is 5.96 Å². The molecule has 1 aromatic carbocycles. The number of aromatic nitrogens is 1. The fraction of sp³-hybridized carbons (Fsp3) is 0.412. The van der Waals surface area contributed by atoms with E-state index in [4.69, 9.17) is 10.3 Å². The molecule has 0 aliphatic heterocycles. The molecule has 0 radical (unpaired) electrons. The number of benzene rings is 1. The number of rotatable bonds is 3. The summed E-state index contributed by atoms with van der Waals surface area (Å²) in [5.74, 6) is 1.43. The van der Waals surface area contributed by atoms with Crippen molar-refractivity contribution in [1.82, 2.24) is 5.16 Å². The number of aryl methyl sites for hydroxylation is 3. The number of nitrogens with one attached hydrogen (secondary N) is 1. The van der Waals surface area contributed by atoms with E-state index < -0.39 is 0 Å². The van der Waals surface area contributed by atoms with Crippen LogP contribution in [0, 0.1) is 13.8 Å². The summed E-state index contributed by atoms with van der Waals surface area (Å²) in [6.45, 7) is 4.59. The van der Waals surface area contributed by atoms with Gasteiger partial charge < -0.3 is 15.6 Å². The van der Waals surface area contributed by atoms with Gasteiger partial charge in [-0.1, -0.05) is 11.2 Å². The van der Waals surface area contributed by atoms with Gasteiger partial charge in [-0.25, -0.2) is 4.99 Å². The first-order valence-electron chi connectivity index (χ1n) is 7.73. The summed E-state index contributed by atoms with van der Waals surface area (Å²) < 4.78 is 5.39. The minimum atomic E-state index is 0. The van der Waals surface area contributed by atoms with Crippen LogP contribution in [-0.2, 0) is 19.4 Å². The quantitative estimate of drug-likeness (QED) is 0.446. The van der Waals surface area contributed by atoms with Crippen LogP contribution < -0.4 is 11.1 Å². The highest BCUT2D eigenvalue weighted by Crippen LogP contribution is 2.24. The molecule has 3 rings (SSSR count). The number of halogens is 1. The Hall–Kier alpha value is -1.57. The van der Waals surface area contributed by atoms with Crippen molar-refractivity contribution in [1.29, 1.82) is 0 Å². The highest BCUT2D eigenvalue weighted by molar-refractivity contribution is 14.0. The van der Waals surface area contributed by atoms with E-state index in [1.54, 1.807) is 0 Å². The monoisotopic (exact) mass is 426 g/mol. The normalized spacial score (nSPS) is 14.1. The molecule has 0 fully saturated rings. The lowest BCUT2D eigenvalue weighted by molar-refractivity contribution is 0.368. The number of aliphatic imine (C=N–C) groups is 1. The fourth-order valence-corrected chi connectivity index (χ4v) is 2.97. The minimum absolute atomic E-state index is 0. The Kier molecular flexibility index (Phi) is 6.04. The molecule has 0 saturated carbocycles. The van der Waals surface area contributed by atoms with E-state index in [0.717, 1.165) is 30.0 Å². The van der Waals surface area contributed by atoms with Gasteiger partial charge in [0, 0.05) is 17.7 Å². The van der Waals surface area contributed by atoms with Crippen LogP contribution in [0.3, 0.4) is 0 Å². The average Bonchev–Trinajstić information content (AvgIpc) is 2.87. The zero-order valence-electron chi connectivity index (χ0n) is 13.6. The Morgan fingerprint density at radius 3 is 2.65 bits per heavy atom. The van der Waals surface area contributed by atoms with Crippen molar-refractivity contribution in [2.75, 3.05) is 5.32 Å². The second-order valence-electron chi connectivity index (χ2n) is 5.94. The first-order valence-corrected chi connectivity index (χ1v) is 7.73. The summed E-state index contributed by atoms with van der Waals surface area (Å²) in [4.78, 5) is 4.39. The number of nitrogens with two attached hydrogens (primary N) is 1. The van der Waals surface area contributed by atoms with Crippen molar-refractivity contribution in [3.8, 4) is 0 Å². The first kappa shape index (κ1) is 17.8. The zero-order chi connectivity index (χ0) is 15.5. The molecule has 1 aliphatic carbocycles. The molecule has 0 amide bonds. The molecular weight excluding hydrogens is 403 g/mol. The van der Waals surface area contributed by atoms with Crippen molar-refractivity contribution in [3.05, 3.63) is 46.3 Å². The highest BCUT2D eigenvalue weighted by atomic mass is 127. The Morgan fingerprint density at radius 1 is 1.22 bits per heavy atom. The second-order valence-corrected chi connectivity index (χ2v) is 5.94. The van der Waals surface area contributed by atoms with Crippen molar-refractivity contribution >= 4 is 35.6 Å². The Morgan fingerprint density at radius 2 is 1.91 bits per heavy atom. The summed E-state index contributed by atoms with van der Waals surface area (Å²) in [5.41, 5.74) is 11.5. The first-order chi connectivity index (χ1) is 10.6. The topological polar surface area (TPSA) is 76.4 Å².